The van der Waals surface area contributed by atoms with Gasteiger partial charge in [-0.1, -0.05) is 5.16 Å². The van der Waals surface area contributed by atoms with E-state index in [1.54, 1.807) is 0 Å². The van der Waals surface area contributed by atoms with Crippen molar-refractivity contribution in [3.05, 3.63) is 11.7 Å². The lowest BCUT2D eigenvalue weighted by Crippen LogP contribution is -2.52. The molecule has 0 saturated carbocycles. The van der Waals surface area contributed by atoms with Gasteiger partial charge >= 0.3 is 0 Å². The Morgan fingerprint density at radius 3 is 2.77 bits per heavy atom. The Hall–Kier alpha value is -1.16. The first kappa shape index (κ1) is 18.2. The molecule has 0 bridgehead atoms. The third kappa shape index (κ3) is 4.39. The summed E-state index contributed by atoms with van der Waals surface area (Å²) in [4.78, 5) is 21.4. The largest absolute Gasteiger partial charge is 0.381 e. The molecule has 0 spiro atoms. The molecule has 26 heavy (non-hydrogen) atoms. The zero-order valence-corrected chi connectivity index (χ0v) is 15.8. The van der Waals surface area contributed by atoms with E-state index in [2.05, 4.69) is 15.0 Å². The number of amides is 1. The van der Waals surface area contributed by atoms with Crippen molar-refractivity contribution in [2.75, 3.05) is 57.5 Å². The van der Waals surface area contributed by atoms with E-state index in [9.17, 15) is 4.79 Å². The average Bonchev–Trinajstić information content (AvgIpc) is 3.17. The van der Waals surface area contributed by atoms with Gasteiger partial charge in [0.1, 0.15) is 6.10 Å². The molecule has 0 N–H and O–H groups in total. The Morgan fingerprint density at radius 2 is 1.96 bits per heavy atom. The van der Waals surface area contributed by atoms with Crippen LogP contribution in [0.5, 0.6) is 0 Å². The molecule has 3 aliphatic heterocycles. The van der Waals surface area contributed by atoms with E-state index in [-0.39, 0.29) is 12.0 Å². The van der Waals surface area contributed by atoms with Gasteiger partial charge in [-0.25, -0.2) is 0 Å². The number of hydrogen-bond donors (Lipinski definition) is 0. The number of rotatable bonds is 4. The first-order valence-corrected chi connectivity index (χ1v) is 10.6. The Labute approximate surface area is 157 Å². The van der Waals surface area contributed by atoms with Gasteiger partial charge in [0.15, 0.2) is 5.82 Å². The summed E-state index contributed by atoms with van der Waals surface area (Å²) in [5.74, 6) is 3.86. The molecule has 1 aromatic rings. The fourth-order valence-corrected chi connectivity index (χ4v) is 4.53. The van der Waals surface area contributed by atoms with Crippen molar-refractivity contribution in [1.82, 2.24) is 19.9 Å². The van der Waals surface area contributed by atoms with Crippen LogP contribution in [0.3, 0.4) is 0 Å². The maximum atomic E-state index is 12.7. The number of nitrogens with zero attached hydrogens (tertiary/aromatic N) is 4. The third-order valence-electron chi connectivity index (χ3n) is 5.17. The second kappa shape index (κ2) is 8.69. The first-order chi connectivity index (χ1) is 12.8. The summed E-state index contributed by atoms with van der Waals surface area (Å²) in [5, 5.41) is 4.14. The molecule has 3 saturated heterocycles. The Morgan fingerprint density at radius 1 is 1.15 bits per heavy atom. The third-order valence-corrected chi connectivity index (χ3v) is 6.11. The fraction of sp³-hybridized carbons (Fsp3) is 0.824. The molecule has 1 amide bonds. The maximum Gasteiger partial charge on any atom is 0.253 e. The summed E-state index contributed by atoms with van der Waals surface area (Å²) in [6.45, 7) is 5.67. The highest BCUT2D eigenvalue weighted by Gasteiger charge is 2.31. The molecule has 4 rings (SSSR count). The molecule has 0 aliphatic carbocycles. The van der Waals surface area contributed by atoms with E-state index < -0.39 is 0 Å². The lowest BCUT2D eigenvalue weighted by atomic mass is 10.0. The Balaban J connectivity index is 1.32. The van der Waals surface area contributed by atoms with Crippen LogP contribution in [-0.2, 0) is 20.8 Å². The topological polar surface area (TPSA) is 80.9 Å². The summed E-state index contributed by atoms with van der Waals surface area (Å²) in [5.41, 5.74) is 0. The summed E-state index contributed by atoms with van der Waals surface area (Å²) < 4.78 is 16.6. The highest BCUT2D eigenvalue weighted by atomic mass is 32.2. The Kier molecular flexibility index (Phi) is 6.08. The van der Waals surface area contributed by atoms with E-state index in [4.69, 9.17) is 14.0 Å². The van der Waals surface area contributed by atoms with Crippen molar-refractivity contribution in [3.8, 4) is 0 Å². The molecule has 1 aromatic heterocycles. The van der Waals surface area contributed by atoms with Gasteiger partial charge in [0, 0.05) is 56.8 Å². The van der Waals surface area contributed by atoms with Gasteiger partial charge < -0.3 is 18.9 Å². The lowest BCUT2D eigenvalue weighted by molar-refractivity contribution is -0.149. The van der Waals surface area contributed by atoms with Crippen LogP contribution in [0.1, 0.15) is 30.5 Å². The minimum atomic E-state index is -0.381. The van der Waals surface area contributed by atoms with Crippen LogP contribution in [0, 0.1) is 0 Å². The number of ether oxygens (including phenoxy) is 2. The smallest absolute Gasteiger partial charge is 0.253 e. The van der Waals surface area contributed by atoms with Crippen LogP contribution >= 0.6 is 11.8 Å². The average molecular weight is 382 g/mol. The maximum absolute atomic E-state index is 12.7. The van der Waals surface area contributed by atoms with E-state index in [1.807, 2.05) is 16.7 Å². The van der Waals surface area contributed by atoms with Gasteiger partial charge in [0.05, 0.1) is 13.2 Å². The second-order valence-corrected chi connectivity index (χ2v) is 8.19. The van der Waals surface area contributed by atoms with E-state index in [0.29, 0.717) is 31.4 Å². The first-order valence-electron chi connectivity index (χ1n) is 9.40. The van der Waals surface area contributed by atoms with Gasteiger partial charge in [-0.3, -0.25) is 9.69 Å². The molecular weight excluding hydrogens is 356 g/mol. The van der Waals surface area contributed by atoms with Crippen molar-refractivity contribution in [3.63, 3.8) is 0 Å². The highest BCUT2D eigenvalue weighted by Crippen LogP contribution is 2.25. The number of thioether (sulfide) groups is 1. The van der Waals surface area contributed by atoms with Crippen molar-refractivity contribution < 1.29 is 18.8 Å². The standard InChI is InChI=1S/C17H26N4O4S/c22-17(21-4-9-26-10-5-21)14-11-20(3-8-24-14)12-15-18-16(25-19-15)13-1-6-23-7-2-13/h13-14H,1-12H2. The molecule has 9 heteroatoms. The van der Waals surface area contributed by atoms with E-state index >= 15 is 0 Å². The molecular formula is C17H26N4O4S. The van der Waals surface area contributed by atoms with E-state index in [1.165, 1.54) is 0 Å². The summed E-state index contributed by atoms with van der Waals surface area (Å²) in [7, 11) is 0. The molecule has 0 radical (unpaired) electrons. The SMILES string of the molecule is O=C(C1CN(Cc2noc(C3CCOCC3)n2)CCO1)N1CCSCC1. The number of aromatic nitrogens is 2. The number of carbonyl (C=O) groups excluding carboxylic acids is 1. The summed E-state index contributed by atoms with van der Waals surface area (Å²) in [6.07, 6.45) is 1.49. The van der Waals surface area contributed by atoms with Gasteiger partial charge in [-0.2, -0.15) is 16.7 Å². The number of hydrogen-bond acceptors (Lipinski definition) is 8. The van der Waals surface area contributed by atoms with Gasteiger partial charge in [-0.15, -0.1) is 0 Å². The predicted octanol–water partition coefficient (Wildman–Crippen LogP) is 0.740. The van der Waals surface area contributed by atoms with Crippen LogP contribution in [0.25, 0.3) is 0 Å². The van der Waals surface area contributed by atoms with Crippen molar-refractivity contribution >= 4 is 17.7 Å². The Bertz CT molecular complexity index is 601. The summed E-state index contributed by atoms with van der Waals surface area (Å²) >= 11 is 1.90. The monoisotopic (exact) mass is 382 g/mol. The zero-order chi connectivity index (χ0) is 17.8. The quantitative estimate of drug-likeness (QED) is 0.754. The van der Waals surface area contributed by atoms with Crippen LogP contribution in [-0.4, -0.2) is 89.5 Å². The number of carbonyl (C=O) groups is 1. The molecule has 144 valence electrons. The van der Waals surface area contributed by atoms with Gasteiger partial charge in [0.25, 0.3) is 5.91 Å². The van der Waals surface area contributed by atoms with Gasteiger partial charge in [0.2, 0.25) is 5.89 Å². The fourth-order valence-electron chi connectivity index (χ4n) is 3.62. The van der Waals surface area contributed by atoms with E-state index in [0.717, 1.165) is 63.1 Å². The molecule has 4 heterocycles. The van der Waals surface area contributed by atoms with Crippen molar-refractivity contribution in [1.29, 1.82) is 0 Å². The van der Waals surface area contributed by atoms with Crippen LogP contribution in [0.2, 0.25) is 0 Å². The zero-order valence-electron chi connectivity index (χ0n) is 15.0. The van der Waals surface area contributed by atoms with Crippen LogP contribution in [0.4, 0.5) is 0 Å². The number of morpholine rings is 1. The molecule has 8 nitrogen and oxygen atoms in total. The molecule has 0 aromatic carbocycles. The lowest BCUT2D eigenvalue weighted by Gasteiger charge is -2.35. The highest BCUT2D eigenvalue weighted by molar-refractivity contribution is 7.99. The summed E-state index contributed by atoms with van der Waals surface area (Å²) in [6, 6.07) is 0. The predicted molar refractivity (Wildman–Crippen MR) is 96.0 cm³/mol. The minimum Gasteiger partial charge on any atom is -0.381 e. The molecule has 3 fully saturated rings. The van der Waals surface area contributed by atoms with Crippen molar-refractivity contribution in [2.45, 2.75) is 31.4 Å². The second-order valence-electron chi connectivity index (χ2n) is 6.97. The van der Waals surface area contributed by atoms with Crippen LogP contribution in [0.15, 0.2) is 4.52 Å². The van der Waals surface area contributed by atoms with Crippen molar-refractivity contribution in [2.24, 2.45) is 0 Å². The molecule has 1 unspecified atom stereocenters. The molecule has 3 aliphatic rings. The van der Waals surface area contributed by atoms with Gasteiger partial charge in [-0.05, 0) is 12.8 Å². The normalized spacial score (nSPS) is 26.2. The van der Waals surface area contributed by atoms with Crippen LogP contribution < -0.4 is 0 Å². The minimum absolute atomic E-state index is 0.117. The molecule has 1 atom stereocenters.